The molecule has 7 nitrogen and oxygen atoms in total. The van der Waals surface area contributed by atoms with Gasteiger partial charge in [-0.2, -0.15) is 4.68 Å². The van der Waals surface area contributed by atoms with Gasteiger partial charge in [0, 0.05) is 22.6 Å². The van der Waals surface area contributed by atoms with Crippen LogP contribution in [-0.4, -0.2) is 15.7 Å². The lowest BCUT2D eigenvalue weighted by Gasteiger charge is -2.08. The van der Waals surface area contributed by atoms with Gasteiger partial charge in [-0.05, 0) is 48.5 Å². The van der Waals surface area contributed by atoms with E-state index in [0.29, 0.717) is 11.3 Å². The highest BCUT2D eigenvalue weighted by atomic mass is 16.4. The molecular formula is C22H18N4O3. The second kappa shape index (κ2) is 8.26. The number of anilines is 3. The van der Waals surface area contributed by atoms with Crippen molar-refractivity contribution in [2.45, 2.75) is 6.54 Å². The zero-order chi connectivity index (χ0) is 20.1. The van der Waals surface area contributed by atoms with E-state index < -0.39 is 5.76 Å². The van der Waals surface area contributed by atoms with Gasteiger partial charge in [-0.1, -0.05) is 36.4 Å². The second-order valence-electron chi connectivity index (χ2n) is 6.31. The van der Waals surface area contributed by atoms with Gasteiger partial charge in [0.25, 0.3) is 0 Å². The number of nitrogens with one attached hydrogen (secondary N) is 2. The Morgan fingerprint density at radius 2 is 1.41 bits per heavy atom. The minimum absolute atomic E-state index is 0.180. The number of nitrogens with zero attached hydrogens (tertiary/aromatic N) is 2. The third-order valence-electron chi connectivity index (χ3n) is 4.15. The van der Waals surface area contributed by atoms with Gasteiger partial charge < -0.3 is 15.1 Å². The Balaban J connectivity index is 1.39. The maximum absolute atomic E-state index is 12.3. The molecule has 0 aliphatic carbocycles. The zero-order valence-electron chi connectivity index (χ0n) is 15.4. The summed E-state index contributed by atoms with van der Waals surface area (Å²) in [5.41, 5.74) is 3.16. The van der Waals surface area contributed by atoms with Crippen LogP contribution in [0, 0.1) is 0 Å². The summed E-state index contributed by atoms with van der Waals surface area (Å²) in [6, 6.07) is 26.1. The molecule has 4 aromatic rings. The van der Waals surface area contributed by atoms with Crippen LogP contribution in [0.25, 0.3) is 11.5 Å². The van der Waals surface area contributed by atoms with E-state index in [1.165, 1.54) is 0 Å². The predicted molar refractivity (Wildman–Crippen MR) is 111 cm³/mol. The molecule has 3 aromatic carbocycles. The summed E-state index contributed by atoms with van der Waals surface area (Å²) in [7, 11) is 0. The molecule has 0 fully saturated rings. The molecule has 1 heterocycles. The van der Waals surface area contributed by atoms with Crippen LogP contribution in [0.15, 0.2) is 94.1 Å². The quantitative estimate of drug-likeness (QED) is 0.525. The highest BCUT2D eigenvalue weighted by Crippen LogP contribution is 2.19. The molecule has 0 saturated heterocycles. The molecule has 144 valence electrons. The molecule has 1 aromatic heterocycles. The fourth-order valence-corrected chi connectivity index (χ4v) is 2.77. The van der Waals surface area contributed by atoms with Crippen molar-refractivity contribution in [1.82, 2.24) is 9.78 Å². The summed E-state index contributed by atoms with van der Waals surface area (Å²) in [5, 5.41) is 10.1. The average Bonchev–Trinajstić information content (AvgIpc) is 3.11. The first kappa shape index (κ1) is 18.2. The van der Waals surface area contributed by atoms with E-state index in [1.54, 1.807) is 24.3 Å². The van der Waals surface area contributed by atoms with E-state index >= 15 is 0 Å². The number of hydrogen-bond acceptors (Lipinski definition) is 5. The van der Waals surface area contributed by atoms with Crippen molar-refractivity contribution in [1.29, 1.82) is 0 Å². The van der Waals surface area contributed by atoms with Gasteiger partial charge >= 0.3 is 5.76 Å². The topological polar surface area (TPSA) is 89.2 Å². The standard InChI is InChI=1S/C22H18N4O3/c27-20(15-26-22(28)29-21(25-26)16-7-3-1-4-8-16)24-19-13-11-18(12-14-19)23-17-9-5-2-6-10-17/h1-14,23H,15H2,(H,24,27). The lowest BCUT2D eigenvalue weighted by Crippen LogP contribution is -2.25. The van der Waals surface area contributed by atoms with Crippen LogP contribution in [0.1, 0.15) is 0 Å². The summed E-state index contributed by atoms with van der Waals surface area (Å²) in [4.78, 5) is 24.3. The Bertz CT molecular complexity index is 1150. The van der Waals surface area contributed by atoms with Gasteiger partial charge in [0.05, 0.1) is 0 Å². The first-order chi connectivity index (χ1) is 14.2. The number of amides is 1. The number of para-hydroxylation sites is 1. The van der Waals surface area contributed by atoms with Crippen molar-refractivity contribution in [3.05, 3.63) is 95.5 Å². The van der Waals surface area contributed by atoms with Crippen LogP contribution in [0.2, 0.25) is 0 Å². The number of hydrogen-bond donors (Lipinski definition) is 2. The van der Waals surface area contributed by atoms with E-state index in [1.807, 2.05) is 60.7 Å². The number of carbonyl (C=O) groups is 1. The first-order valence-electron chi connectivity index (χ1n) is 9.03. The molecule has 7 heteroatoms. The van der Waals surface area contributed by atoms with Crippen LogP contribution in [0.3, 0.4) is 0 Å². The molecule has 0 unspecified atom stereocenters. The maximum atomic E-state index is 12.3. The summed E-state index contributed by atoms with van der Waals surface area (Å²) in [5.74, 6) is -0.870. The Kier molecular flexibility index (Phi) is 5.20. The molecular weight excluding hydrogens is 368 g/mol. The second-order valence-corrected chi connectivity index (χ2v) is 6.31. The third kappa shape index (κ3) is 4.59. The Labute approximate surface area is 166 Å². The number of carbonyl (C=O) groups excluding carboxylic acids is 1. The van der Waals surface area contributed by atoms with Crippen LogP contribution in [0.5, 0.6) is 0 Å². The molecule has 0 aliphatic heterocycles. The molecule has 0 bridgehead atoms. The molecule has 1 amide bonds. The van der Waals surface area contributed by atoms with Crippen molar-refractivity contribution in [3.8, 4) is 11.5 Å². The van der Waals surface area contributed by atoms with Crippen molar-refractivity contribution in [2.24, 2.45) is 0 Å². The van der Waals surface area contributed by atoms with Crippen molar-refractivity contribution >= 4 is 23.0 Å². The highest BCUT2D eigenvalue weighted by molar-refractivity contribution is 5.90. The number of aromatic nitrogens is 2. The minimum Gasteiger partial charge on any atom is -0.388 e. The Hall–Kier alpha value is -4.13. The fourth-order valence-electron chi connectivity index (χ4n) is 2.77. The number of rotatable bonds is 6. The third-order valence-corrected chi connectivity index (χ3v) is 4.15. The SMILES string of the molecule is O=C(Cn1nc(-c2ccccc2)oc1=O)Nc1ccc(Nc2ccccc2)cc1. The molecule has 0 radical (unpaired) electrons. The molecule has 0 aliphatic rings. The lowest BCUT2D eigenvalue weighted by atomic mass is 10.2. The molecule has 2 N–H and O–H groups in total. The van der Waals surface area contributed by atoms with Gasteiger partial charge in [0.2, 0.25) is 11.8 Å². The van der Waals surface area contributed by atoms with Crippen molar-refractivity contribution < 1.29 is 9.21 Å². The number of benzene rings is 3. The summed E-state index contributed by atoms with van der Waals surface area (Å²) < 4.78 is 6.14. The summed E-state index contributed by atoms with van der Waals surface area (Å²) >= 11 is 0. The molecule has 0 spiro atoms. The summed E-state index contributed by atoms with van der Waals surface area (Å²) in [6.07, 6.45) is 0. The maximum Gasteiger partial charge on any atom is 0.437 e. The summed E-state index contributed by atoms with van der Waals surface area (Å²) in [6.45, 7) is -0.237. The molecule has 4 rings (SSSR count). The van der Waals surface area contributed by atoms with E-state index in [2.05, 4.69) is 15.7 Å². The van der Waals surface area contributed by atoms with Crippen molar-refractivity contribution in [2.75, 3.05) is 10.6 Å². The van der Waals surface area contributed by atoms with Crippen molar-refractivity contribution in [3.63, 3.8) is 0 Å². The van der Waals surface area contributed by atoms with Gasteiger partial charge in [0.1, 0.15) is 6.54 Å². The van der Waals surface area contributed by atoms with Gasteiger partial charge in [-0.15, -0.1) is 5.10 Å². The minimum atomic E-state index is -0.679. The Morgan fingerprint density at radius 3 is 2.10 bits per heavy atom. The molecule has 0 saturated carbocycles. The van der Waals surface area contributed by atoms with Gasteiger partial charge in [0.15, 0.2) is 0 Å². The lowest BCUT2D eigenvalue weighted by molar-refractivity contribution is -0.117. The van der Waals surface area contributed by atoms with Crippen LogP contribution in [0.4, 0.5) is 17.1 Å². The van der Waals surface area contributed by atoms with E-state index in [-0.39, 0.29) is 18.3 Å². The van der Waals surface area contributed by atoms with Gasteiger partial charge in [-0.25, -0.2) is 4.79 Å². The Morgan fingerprint density at radius 1 is 0.828 bits per heavy atom. The van der Waals surface area contributed by atoms with Crippen LogP contribution >= 0.6 is 0 Å². The molecule has 29 heavy (non-hydrogen) atoms. The molecule has 0 atom stereocenters. The monoisotopic (exact) mass is 386 g/mol. The van der Waals surface area contributed by atoms with E-state index in [4.69, 9.17) is 4.42 Å². The predicted octanol–water partition coefficient (Wildman–Crippen LogP) is 3.89. The smallest absolute Gasteiger partial charge is 0.388 e. The average molecular weight is 386 g/mol. The fraction of sp³-hybridized carbons (Fsp3) is 0.0455. The van der Waals surface area contributed by atoms with E-state index in [0.717, 1.165) is 16.1 Å². The van der Waals surface area contributed by atoms with Crippen LogP contribution in [-0.2, 0) is 11.3 Å². The highest BCUT2D eigenvalue weighted by Gasteiger charge is 2.13. The van der Waals surface area contributed by atoms with Gasteiger partial charge in [-0.3, -0.25) is 4.79 Å². The first-order valence-corrected chi connectivity index (χ1v) is 9.03. The normalized spacial score (nSPS) is 10.5. The van der Waals surface area contributed by atoms with E-state index in [9.17, 15) is 9.59 Å². The largest absolute Gasteiger partial charge is 0.437 e. The zero-order valence-corrected chi connectivity index (χ0v) is 15.4. The van der Waals surface area contributed by atoms with Crippen LogP contribution < -0.4 is 16.4 Å².